The molecule has 0 fully saturated rings. The molecule has 1 rings (SSSR count). The lowest BCUT2D eigenvalue weighted by atomic mass is 10.1. The van der Waals surface area contributed by atoms with Crippen molar-refractivity contribution in [2.45, 2.75) is 0 Å². The SMILES string of the molecule is O=C(CO)c1ccccc1.[B]. The fraction of sp³-hybridized carbons (Fsp3) is 0.125. The molecule has 0 saturated heterocycles. The van der Waals surface area contributed by atoms with Crippen LogP contribution in [0.4, 0.5) is 0 Å². The molecule has 0 amide bonds. The Morgan fingerprint density at radius 1 is 1.27 bits per heavy atom. The quantitative estimate of drug-likeness (QED) is 0.487. The van der Waals surface area contributed by atoms with E-state index in [1.807, 2.05) is 6.07 Å². The normalized spacial score (nSPS) is 8.45. The van der Waals surface area contributed by atoms with Gasteiger partial charge < -0.3 is 5.11 Å². The number of carbonyl (C=O) groups is 1. The first-order valence-corrected chi connectivity index (χ1v) is 3.03. The van der Waals surface area contributed by atoms with Gasteiger partial charge in [0, 0.05) is 14.0 Å². The van der Waals surface area contributed by atoms with Crippen LogP contribution in [0, 0.1) is 0 Å². The molecule has 0 heterocycles. The van der Waals surface area contributed by atoms with Gasteiger partial charge in [0.1, 0.15) is 6.61 Å². The number of aliphatic hydroxyl groups is 1. The van der Waals surface area contributed by atoms with E-state index < -0.39 is 6.61 Å². The van der Waals surface area contributed by atoms with E-state index in [0.29, 0.717) is 5.56 Å². The summed E-state index contributed by atoms with van der Waals surface area (Å²) in [5, 5.41) is 8.44. The summed E-state index contributed by atoms with van der Waals surface area (Å²) in [6, 6.07) is 8.72. The smallest absolute Gasteiger partial charge is 0.188 e. The van der Waals surface area contributed by atoms with Crippen LogP contribution in [-0.4, -0.2) is 25.9 Å². The summed E-state index contributed by atoms with van der Waals surface area (Å²) in [4.78, 5) is 10.8. The zero-order valence-corrected chi connectivity index (χ0v) is 6.03. The molecule has 1 aromatic rings. The van der Waals surface area contributed by atoms with Crippen LogP contribution < -0.4 is 0 Å². The number of hydrogen-bond donors (Lipinski definition) is 1. The maximum atomic E-state index is 10.8. The standard InChI is InChI=1S/C8H8O2.B/c9-6-8(10)7-4-2-1-3-5-7;/h1-5,9H,6H2;. The van der Waals surface area contributed by atoms with Crippen molar-refractivity contribution in [1.29, 1.82) is 0 Å². The van der Waals surface area contributed by atoms with Crippen LogP contribution in [0.5, 0.6) is 0 Å². The predicted molar refractivity (Wildman–Crippen MR) is 43.6 cm³/mol. The minimum absolute atomic E-state index is 0. The molecular weight excluding hydrogens is 139 g/mol. The van der Waals surface area contributed by atoms with Crippen molar-refractivity contribution in [3.8, 4) is 0 Å². The van der Waals surface area contributed by atoms with Crippen molar-refractivity contribution in [3.05, 3.63) is 35.9 Å². The average Bonchev–Trinajstić information content (AvgIpc) is 2.05. The van der Waals surface area contributed by atoms with E-state index in [2.05, 4.69) is 0 Å². The zero-order chi connectivity index (χ0) is 7.40. The van der Waals surface area contributed by atoms with E-state index in [-0.39, 0.29) is 14.2 Å². The third-order valence-electron chi connectivity index (χ3n) is 1.24. The van der Waals surface area contributed by atoms with Crippen molar-refractivity contribution < 1.29 is 9.90 Å². The summed E-state index contributed by atoms with van der Waals surface area (Å²) in [6.45, 7) is -0.413. The molecule has 2 nitrogen and oxygen atoms in total. The highest BCUT2D eigenvalue weighted by atomic mass is 16.3. The summed E-state index contributed by atoms with van der Waals surface area (Å²) >= 11 is 0. The molecule has 3 heteroatoms. The zero-order valence-electron chi connectivity index (χ0n) is 6.03. The van der Waals surface area contributed by atoms with Gasteiger partial charge in [-0.05, 0) is 0 Å². The maximum absolute atomic E-state index is 10.8. The highest BCUT2D eigenvalue weighted by Crippen LogP contribution is 1.97. The molecule has 1 N–H and O–H groups in total. The number of rotatable bonds is 2. The van der Waals surface area contributed by atoms with Gasteiger partial charge in [0.25, 0.3) is 0 Å². The Morgan fingerprint density at radius 2 is 1.82 bits per heavy atom. The van der Waals surface area contributed by atoms with Gasteiger partial charge in [-0.25, -0.2) is 0 Å². The highest BCUT2D eigenvalue weighted by molar-refractivity contribution is 5.96. The first-order chi connectivity index (χ1) is 4.84. The Hall–Kier alpha value is -1.09. The van der Waals surface area contributed by atoms with E-state index in [1.54, 1.807) is 24.3 Å². The Kier molecular flexibility index (Phi) is 4.23. The summed E-state index contributed by atoms with van der Waals surface area (Å²) in [6.07, 6.45) is 0. The van der Waals surface area contributed by atoms with Gasteiger partial charge in [-0.1, -0.05) is 30.3 Å². The average molecular weight is 147 g/mol. The van der Waals surface area contributed by atoms with Crippen molar-refractivity contribution in [1.82, 2.24) is 0 Å². The van der Waals surface area contributed by atoms with Crippen LogP contribution in [0.2, 0.25) is 0 Å². The van der Waals surface area contributed by atoms with Gasteiger partial charge in [0.15, 0.2) is 5.78 Å². The summed E-state index contributed by atoms with van der Waals surface area (Å²) in [5.74, 6) is -0.236. The molecule has 1 aromatic carbocycles. The van der Waals surface area contributed by atoms with Gasteiger partial charge in [0.05, 0.1) is 0 Å². The lowest BCUT2D eigenvalue weighted by Crippen LogP contribution is -2.02. The molecular formula is C8H8BO2. The third-order valence-corrected chi connectivity index (χ3v) is 1.24. The first kappa shape index (κ1) is 9.91. The fourth-order valence-corrected chi connectivity index (χ4v) is 0.715. The predicted octanol–water partition coefficient (Wildman–Crippen LogP) is 0.481. The lowest BCUT2D eigenvalue weighted by molar-refractivity contribution is 0.0904. The summed E-state index contributed by atoms with van der Waals surface area (Å²) in [5.41, 5.74) is 0.560. The second-order valence-corrected chi connectivity index (χ2v) is 1.95. The van der Waals surface area contributed by atoms with E-state index in [0.717, 1.165) is 0 Å². The Bertz CT molecular complexity index is 221. The number of benzene rings is 1. The van der Waals surface area contributed by atoms with Crippen LogP contribution in [0.1, 0.15) is 10.4 Å². The van der Waals surface area contributed by atoms with E-state index in [9.17, 15) is 4.79 Å². The highest BCUT2D eigenvalue weighted by Gasteiger charge is 1.99. The van der Waals surface area contributed by atoms with Crippen molar-refractivity contribution in [2.75, 3.05) is 6.61 Å². The molecule has 0 aliphatic heterocycles. The van der Waals surface area contributed by atoms with E-state index in [4.69, 9.17) is 5.11 Å². The fourth-order valence-electron chi connectivity index (χ4n) is 0.715. The van der Waals surface area contributed by atoms with Gasteiger partial charge in [-0.3, -0.25) is 4.79 Å². The van der Waals surface area contributed by atoms with Crippen molar-refractivity contribution in [2.24, 2.45) is 0 Å². The molecule has 0 unspecified atom stereocenters. The molecule has 0 saturated carbocycles. The molecule has 0 aromatic heterocycles. The molecule has 0 atom stereocenters. The Balaban J connectivity index is 0.000001000. The van der Waals surface area contributed by atoms with E-state index >= 15 is 0 Å². The number of aliphatic hydroxyl groups excluding tert-OH is 1. The number of Topliss-reactive ketones (excluding diaryl/α,β-unsaturated/α-hetero) is 1. The molecule has 11 heavy (non-hydrogen) atoms. The molecule has 55 valence electrons. The van der Waals surface area contributed by atoms with Gasteiger partial charge in [0.2, 0.25) is 0 Å². The number of ketones is 1. The topological polar surface area (TPSA) is 37.3 Å². The van der Waals surface area contributed by atoms with Crippen LogP contribution in [0.25, 0.3) is 0 Å². The minimum Gasteiger partial charge on any atom is -0.388 e. The Labute approximate surface area is 67.4 Å². The monoisotopic (exact) mass is 147 g/mol. The van der Waals surface area contributed by atoms with E-state index in [1.165, 1.54) is 0 Å². The maximum Gasteiger partial charge on any atom is 0.188 e. The van der Waals surface area contributed by atoms with Crippen LogP contribution in [0.3, 0.4) is 0 Å². The summed E-state index contributed by atoms with van der Waals surface area (Å²) < 4.78 is 0. The Morgan fingerprint density at radius 3 is 2.27 bits per heavy atom. The molecule has 0 aliphatic carbocycles. The second-order valence-electron chi connectivity index (χ2n) is 1.95. The first-order valence-electron chi connectivity index (χ1n) is 3.03. The number of carbonyl (C=O) groups excluding carboxylic acids is 1. The van der Waals surface area contributed by atoms with Gasteiger partial charge in [-0.2, -0.15) is 0 Å². The molecule has 0 bridgehead atoms. The van der Waals surface area contributed by atoms with Gasteiger partial charge >= 0.3 is 0 Å². The largest absolute Gasteiger partial charge is 0.388 e. The lowest BCUT2D eigenvalue weighted by Gasteiger charge is -1.93. The van der Waals surface area contributed by atoms with Gasteiger partial charge in [-0.15, -0.1) is 0 Å². The van der Waals surface area contributed by atoms with Crippen LogP contribution in [-0.2, 0) is 0 Å². The minimum atomic E-state index is -0.413. The number of hydrogen-bond acceptors (Lipinski definition) is 2. The van der Waals surface area contributed by atoms with Crippen LogP contribution in [0.15, 0.2) is 30.3 Å². The molecule has 0 aliphatic rings. The summed E-state index contributed by atoms with van der Waals surface area (Å²) in [7, 11) is 0. The third kappa shape index (κ3) is 2.56. The molecule has 3 radical (unpaired) electrons. The second kappa shape index (κ2) is 4.69. The van der Waals surface area contributed by atoms with Crippen molar-refractivity contribution >= 4 is 14.2 Å². The van der Waals surface area contributed by atoms with Crippen molar-refractivity contribution in [3.63, 3.8) is 0 Å². The molecule has 0 spiro atoms. The van der Waals surface area contributed by atoms with Crippen LogP contribution >= 0.6 is 0 Å².